The summed E-state index contributed by atoms with van der Waals surface area (Å²) in [5.74, 6) is 0.379. The van der Waals surface area contributed by atoms with Crippen LogP contribution in [0.25, 0.3) is 22.6 Å². The molecule has 4 rings (SSSR count). The van der Waals surface area contributed by atoms with Crippen LogP contribution in [0.15, 0.2) is 54.9 Å². The third-order valence-corrected chi connectivity index (χ3v) is 4.23. The largest absolute Gasteiger partial charge is 0.323 e. The first-order valence-corrected chi connectivity index (χ1v) is 8.32. The normalized spacial score (nSPS) is 10.8. The number of aromatic amines is 1. The van der Waals surface area contributed by atoms with E-state index in [9.17, 15) is 4.79 Å². The highest BCUT2D eigenvalue weighted by Gasteiger charge is 2.12. The summed E-state index contributed by atoms with van der Waals surface area (Å²) in [6.07, 6.45) is 3.33. The molecule has 0 atom stereocenters. The van der Waals surface area contributed by atoms with Gasteiger partial charge in [-0.25, -0.2) is 9.97 Å². The molecule has 3 heterocycles. The van der Waals surface area contributed by atoms with Gasteiger partial charge in [0.2, 0.25) is 0 Å². The van der Waals surface area contributed by atoms with Gasteiger partial charge in [0, 0.05) is 17.5 Å². The maximum atomic E-state index is 12.4. The van der Waals surface area contributed by atoms with Gasteiger partial charge in [-0.1, -0.05) is 23.7 Å². The Bertz CT molecular complexity index is 1100. The van der Waals surface area contributed by atoms with Crippen molar-refractivity contribution in [2.75, 3.05) is 5.32 Å². The summed E-state index contributed by atoms with van der Waals surface area (Å²) in [6.45, 7) is 1.93. The Hall–Kier alpha value is -3.25. The molecule has 26 heavy (non-hydrogen) atoms. The van der Waals surface area contributed by atoms with Crippen LogP contribution in [0.3, 0.4) is 0 Å². The third kappa shape index (κ3) is 3.14. The molecule has 0 aliphatic rings. The molecule has 128 valence electrons. The molecule has 7 heteroatoms. The highest BCUT2D eigenvalue weighted by atomic mass is 35.5. The minimum absolute atomic E-state index is 0.296. The number of aryl methyl sites for hydroxylation is 1. The van der Waals surface area contributed by atoms with Crippen LogP contribution in [-0.2, 0) is 0 Å². The topological polar surface area (TPSA) is 83.6 Å². The van der Waals surface area contributed by atoms with Crippen molar-refractivity contribution in [2.24, 2.45) is 0 Å². The van der Waals surface area contributed by atoms with Crippen LogP contribution >= 0.6 is 11.6 Å². The fraction of sp³-hybridized carbons (Fsp3) is 0.0526. The number of pyridine rings is 2. The van der Waals surface area contributed by atoms with Crippen LogP contribution in [0.5, 0.6) is 0 Å². The minimum Gasteiger partial charge on any atom is -0.323 e. The van der Waals surface area contributed by atoms with E-state index >= 15 is 0 Å². The Kier molecular flexibility index (Phi) is 4.10. The monoisotopic (exact) mass is 363 g/mol. The molecule has 3 aromatic heterocycles. The molecule has 0 spiro atoms. The van der Waals surface area contributed by atoms with Gasteiger partial charge < -0.3 is 10.3 Å². The van der Waals surface area contributed by atoms with Gasteiger partial charge in [-0.3, -0.25) is 9.78 Å². The van der Waals surface area contributed by atoms with Crippen molar-refractivity contribution in [2.45, 2.75) is 6.92 Å². The van der Waals surface area contributed by atoms with E-state index in [4.69, 9.17) is 11.6 Å². The second-order valence-corrected chi connectivity index (χ2v) is 6.21. The zero-order valence-corrected chi connectivity index (χ0v) is 14.6. The smallest absolute Gasteiger partial charge is 0.257 e. The predicted molar refractivity (Wildman–Crippen MR) is 101 cm³/mol. The number of amides is 1. The van der Waals surface area contributed by atoms with Crippen molar-refractivity contribution in [1.82, 2.24) is 19.9 Å². The Morgan fingerprint density at radius 2 is 1.96 bits per heavy atom. The number of H-pyrrole nitrogens is 1. The zero-order chi connectivity index (χ0) is 18.1. The number of carbonyl (C=O) groups is 1. The van der Waals surface area contributed by atoms with E-state index in [0.717, 1.165) is 11.3 Å². The van der Waals surface area contributed by atoms with Crippen LogP contribution in [0, 0.1) is 6.92 Å². The summed E-state index contributed by atoms with van der Waals surface area (Å²) < 4.78 is 0. The van der Waals surface area contributed by atoms with Gasteiger partial charge in [0.05, 0.1) is 22.5 Å². The lowest BCUT2D eigenvalue weighted by molar-refractivity contribution is 0.102. The highest BCUT2D eigenvalue weighted by molar-refractivity contribution is 6.34. The predicted octanol–water partition coefficient (Wildman–Crippen LogP) is 4.23. The number of benzene rings is 1. The maximum absolute atomic E-state index is 12.4. The molecular weight excluding hydrogens is 350 g/mol. The van der Waals surface area contributed by atoms with E-state index in [1.807, 2.05) is 19.1 Å². The van der Waals surface area contributed by atoms with E-state index in [1.54, 1.807) is 42.7 Å². The van der Waals surface area contributed by atoms with Gasteiger partial charge in [0.15, 0.2) is 5.65 Å². The first-order valence-electron chi connectivity index (χ1n) is 7.95. The summed E-state index contributed by atoms with van der Waals surface area (Å²) >= 11 is 6.06. The number of nitrogens with zero attached hydrogens (tertiary/aromatic N) is 3. The van der Waals surface area contributed by atoms with Crippen molar-refractivity contribution in [3.05, 3.63) is 71.1 Å². The summed E-state index contributed by atoms with van der Waals surface area (Å²) in [5, 5.41) is 3.19. The van der Waals surface area contributed by atoms with Crippen LogP contribution in [0.2, 0.25) is 5.02 Å². The molecule has 4 aromatic rings. The van der Waals surface area contributed by atoms with Gasteiger partial charge >= 0.3 is 0 Å². The van der Waals surface area contributed by atoms with Gasteiger partial charge in [0.1, 0.15) is 11.3 Å². The Morgan fingerprint density at radius 1 is 1.12 bits per heavy atom. The van der Waals surface area contributed by atoms with E-state index < -0.39 is 0 Å². The van der Waals surface area contributed by atoms with Crippen molar-refractivity contribution < 1.29 is 4.79 Å². The first kappa shape index (κ1) is 16.2. The van der Waals surface area contributed by atoms with Crippen LogP contribution in [0.1, 0.15) is 16.1 Å². The van der Waals surface area contributed by atoms with Gasteiger partial charge in [-0.05, 0) is 37.3 Å². The summed E-state index contributed by atoms with van der Waals surface area (Å²) in [5.41, 5.74) is 4.04. The molecule has 0 saturated heterocycles. The molecule has 6 nitrogen and oxygen atoms in total. The van der Waals surface area contributed by atoms with Crippen molar-refractivity contribution in [3.63, 3.8) is 0 Å². The van der Waals surface area contributed by atoms with E-state index in [2.05, 4.69) is 25.3 Å². The molecule has 0 fully saturated rings. The zero-order valence-electron chi connectivity index (χ0n) is 13.8. The number of rotatable bonds is 3. The SMILES string of the molecule is Cc1ccc(-c2nc3cc(NC(=O)c4ccccc4Cl)cnc3[nH]2)cn1. The fourth-order valence-electron chi connectivity index (χ4n) is 2.55. The molecule has 1 amide bonds. The standard InChI is InChI=1S/C19H14ClN5O/c1-11-6-7-12(9-21-11)17-24-16-8-13(10-22-18(16)25-17)23-19(26)14-4-2-3-5-15(14)20/h2-10H,1H3,(H,23,26)(H,22,24,25). The second-order valence-electron chi connectivity index (χ2n) is 5.80. The van der Waals surface area contributed by atoms with Crippen molar-refractivity contribution in [1.29, 1.82) is 0 Å². The number of hydrogen-bond donors (Lipinski definition) is 2. The number of anilines is 1. The number of halogens is 1. The molecule has 0 saturated carbocycles. The number of imidazole rings is 1. The average molecular weight is 364 g/mol. The Morgan fingerprint density at radius 3 is 2.73 bits per heavy atom. The van der Waals surface area contributed by atoms with Gasteiger partial charge in [-0.15, -0.1) is 0 Å². The van der Waals surface area contributed by atoms with Crippen LogP contribution < -0.4 is 5.32 Å². The number of aromatic nitrogens is 4. The van der Waals surface area contributed by atoms with E-state index in [1.165, 1.54) is 0 Å². The number of carbonyl (C=O) groups excluding carboxylic acids is 1. The molecule has 0 aliphatic carbocycles. The number of nitrogens with one attached hydrogen (secondary N) is 2. The van der Waals surface area contributed by atoms with Gasteiger partial charge in [-0.2, -0.15) is 0 Å². The van der Waals surface area contributed by atoms with Crippen molar-refractivity contribution in [3.8, 4) is 11.4 Å². The lowest BCUT2D eigenvalue weighted by atomic mass is 10.2. The first-order chi connectivity index (χ1) is 12.6. The molecule has 0 aliphatic heterocycles. The summed E-state index contributed by atoms with van der Waals surface area (Å²) in [7, 11) is 0. The minimum atomic E-state index is -0.296. The Balaban J connectivity index is 1.62. The molecule has 0 unspecified atom stereocenters. The van der Waals surface area contributed by atoms with Crippen LogP contribution in [0.4, 0.5) is 5.69 Å². The molecule has 1 aromatic carbocycles. The van der Waals surface area contributed by atoms with E-state index in [-0.39, 0.29) is 5.91 Å². The van der Waals surface area contributed by atoms with Crippen LogP contribution in [-0.4, -0.2) is 25.8 Å². The lowest BCUT2D eigenvalue weighted by Gasteiger charge is -2.06. The fourth-order valence-corrected chi connectivity index (χ4v) is 2.77. The third-order valence-electron chi connectivity index (χ3n) is 3.90. The van der Waals surface area contributed by atoms with Gasteiger partial charge in [0.25, 0.3) is 5.91 Å². The molecule has 0 bridgehead atoms. The molecule has 0 radical (unpaired) electrons. The average Bonchev–Trinajstić information content (AvgIpc) is 3.06. The number of hydrogen-bond acceptors (Lipinski definition) is 4. The second kappa shape index (κ2) is 6.57. The maximum Gasteiger partial charge on any atom is 0.257 e. The van der Waals surface area contributed by atoms with E-state index in [0.29, 0.717) is 33.3 Å². The number of fused-ring (bicyclic) bond motifs is 1. The highest BCUT2D eigenvalue weighted by Crippen LogP contribution is 2.22. The van der Waals surface area contributed by atoms with Crippen molar-refractivity contribution >= 4 is 34.4 Å². The summed E-state index contributed by atoms with van der Waals surface area (Å²) in [4.78, 5) is 28.7. The molecule has 2 N–H and O–H groups in total. The molecular formula is C19H14ClN5O. The Labute approximate surface area is 154 Å². The summed E-state index contributed by atoms with van der Waals surface area (Å²) in [6, 6.07) is 12.5. The quantitative estimate of drug-likeness (QED) is 0.570. The lowest BCUT2D eigenvalue weighted by Crippen LogP contribution is -2.12.